The molecule has 0 radical (unpaired) electrons. The largest absolute Gasteiger partial charge is 0.464 e. The van der Waals surface area contributed by atoms with Crippen LogP contribution in [0.15, 0.2) is 60.8 Å². The van der Waals surface area contributed by atoms with Gasteiger partial charge in [-0.15, -0.1) is 0 Å². The molecule has 0 aliphatic heterocycles. The minimum atomic E-state index is -1.57. The van der Waals surface area contributed by atoms with E-state index in [1.807, 2.05) is 55.7 Å². The number of benzene rings is 2. The van der Waals surface area contributed by atoms with Crippen molar-refractivity contribution in [3.05, 3.63) is 83.7 Å². The number of aliphatic hydroxyl groups is 1. The maximum Gasteiger partial charge on any atom is 0.407 e. The number of nitrogens with zero attached hydrogens (tertiary/aromatic N) is 2. The molecule has 5 N–H and O–H groups in total. The Balaban J connectivity index is 2.05. The van der Waals surface area contributed by atoms with Crippen LogP contribution in [0.5, 0.6) is 0 Å². The number of hydrogen-bond acceptors (Lipinski definition) is 8. The Morgan fingerprint density at radius 1 is 0.879 bits per heavy atom. The van der Waals surface area contributed by atoms with Crippen molar-refractivity contribution in [2.75, 3.05) is 32.9 Å². The lowest BCUT2D eigenvalue weighted by Gasteiger charge is -2.41. The van der Waals surface area contributed by atoms with E-state index < -0.39 is 81.8 Å². The van der Waals surface area contributed by atoms with Crippen LogP contribution in [0.3, 0.4) is 0 Å². The van der Waals surface area contributed by atoms with Gasteiger partial charge in [0.05, 0.1) is 19.3 Å². The molecule has 58 heavy (non-hydrogen) atoms. The fraction of sp³-hybridized carbons (Fsp3) is 0.524. The fourth-order valence-electron chi connectivity index (χ4n) is 6.32. The Morgan fingerprint density at radius 3 is 2.07 bits per heavy atom. The summed E-state index contributed by atoms with van der Waals surface area (Å²) in [6.45, 7) is 17.8. The Morgan fingerprint density at radius 2 is 1.50 bits per heavy atom. The average molecular weight is 844 g/mol. The minimum absolute atomic E-state index is 0.0304. The highest BCUT2D eigenvalue weighted by Gasteiger charge is 2.38. The number of alkyl carbamates (subject to hydrolysis) is 1. The molecule has 1 aromatic heterocycles. The van der Waals surface area contributed by atoms with Gasteiger partial charge in [-0.1, -0.05) is 90.4 Å². The number of nitrogens with two attached hydrogens (primary N) is 1. The molecule has 2 aromatic carbocycles. The second kappa shape index (κ2) is 21.0. The van der Waals surface area contributed by atoms with Crippen molar-refractivity contribution >= 4 is 40.0 Å². The number of halogens is 2. The number of nitrogens with one attached hydrogen (secondary N) is 2. The molecular weight excluding hydrogens is 781 g/mol. The van der Waals surface area contributed by atoms with Crippen LogP contribution in [-0.4, -0.2) is 99.6 Å². The van der Waals surface area contributed by atoms with Gasteiger partial charge in [-0.25, -0.2) is 18.4 Å². The summed E-state index contributed by atoms with van der Waals surface area (Å²) < 4.78 is 42.4. The van der Waals surface area contributed by atoms with E-state index in [1.54, 1.807) is 12.3 Å². The third-order valence-electron chi connectivity index (χ3n) is 9.52. The number of ether oxygens (including phenoxy) is 2. The predicted molar refractivity (Wildman–Crippen MR) is 227 cm³/mol. The molecule has 3 amide bonds. The van der Waals surface area contributed by atoms with Crippen LogP contribution < -0.4 is 16.4 Å². The van der Waals surface area contributed by atoms with Crippen LogP contribution in [-0.2, 0) is 30.4 Å². The van der Waals surface area contributed by atoms with Gasteiger partial charge < -0.3 is 40.4 Å². The fourth-order valence-corrected chi connectivity index (χ4v) is 7.74. The van der Waals surface area contributed by atoms with E-state index >= 15 is 4.39 Å². The van der Waals surface area contributed by atoms with Crippen molar-refractivity contribution < 1.29 is 42.5 Å². The lowest BCUT2D eigenvalue weighted by Crippen LogP contribution is -2.55. The van der Waals surface area contributed by atoms with E-state index in [2.05, 4.69) is 49.9 Å². The molecule has 3 rings (SSSR count). The second-order valence-corrected chi connectivity index (χ2v) is 29.4. The molecule has 1 unspecified atom stereocenters. The highest BCUT2D eigenvalue weighted by Crippen LogP contribution is 2.41. The first-order chi connectivity index (χ1) is 27.0. The minimum Gasteiger partial charge on any atom is -0.464 e. The lowest BCUT2D eigenvalue weighted by atomic mass is 9.82. The number of carbonyl (C=O) groups is 4. The van der Waals surface area contributed by atoms with E-state index in [1.165, 1.54) is 4.90 Å². The van der Waals surface area contributed by atoms with Crippen LogP contribution in [0.2, 0.25) is 51.4 Å². The maximum atomic E-state index is 15.2. The molecule has 3 aromatic rings. The summed E-state index contributed by atoms with van der Waals surface area (Å²) in [5.74, 6) is -3.38. The zero-order valence-electron chi connectivity index (χ0n) is 35.5. The molecule has 0 fully saturated rings. The third-order valence-corrected chi connectivity index (χ3v) is 12.9. The summed E-state index contributed by atoms with van der Waals surface area (Å²) in [7, 11) is -3.09. The molecule has 16 heteroatoms. The standard InChI is InChI=1S/C42H63F2N5O7Si2/c1-42(2,3)38(36-23-30(32-24-31(43)15-16-33(32)44)27-48(36)26-29-13-11-10-12-14-29)49(37(51)28-50)18-17-34(47-41(54)56-20-22-58(7,8)9)39(52)46-35(25-45)40(53)55-19-21-57(4,5)6/h10-16,23-24,27,34-35,38,50H,17-22,25-26,28,45H2,1-9H3,(H,46,52)(H,47,54)/t34-,35?,38-/m0/s1. The molecule has 0 bridgehead atoms. The van der Waals surface area contributed by atoms with Crippen molar-refractivity contribution in [1.82, 2.24) is 20.1 Å². The van der Waals surface area contributed by atoms with Gasteiger partial charge in [0, 0.05) is 58.8 Å². The van der Waals surface area contributed by atoms with Gasteiger partial charge in [0.1, 0.15) is 30.3 Å². The van der Waals surface area contributed by atoms with Crippen LogP contribution >= 0.6 is 0 Å². The van der Waals surface area contributed by atoms with Gasteiger partial charge in [0.2, 0.25) is 11.8 Å². The topological polar surface area (TPSA) is 165 Å². The molecule has 0 aliphatic carbocycles. The second-order valence-electron chi connectivity index (χ2n) is 18.1. The zero-order valence-corrected chi connectivity index (χ0v) is 37.5. The van der Waals surface area contributed by atoms with E-state index in [-0.39, 0.29) is 38.3 Å². The molecule has 1 heterocycles. The van der Waals surface area contributed by atoms with Crippen molar-refractivity contribution in [2.24, 2.45) is 11.1 Å². The molecule has 0 saturated carbocycles. The van der Waals surface area contributed by atoms with E-state index in [4.69, 9.17) is 15.2 Å². The highest BCUT2D eigenvalue weighted by molar-refractivity contribution is 6.76. The lowest BCUT2D eigenvalue weighted by molar-refractivity contribution is -0.147. The molecule has 12 nitrogen and oxygen atoms in total. The summed E-state index contributed by atoms with van der Waals surface area (Å²) in [5, 5.41) is 15.5. The monoisotopic (exact) mass is 843 g/mol. The van der Waals surface area contributed by atoms with Gasteiger partial charge >= 0.3 is 12.1 Å². The summed E-state index contributed by atoms with van der Waals surface area (Å²) in [6.07, 6.45) is 0.677. The first-order valence-electron chi connectivity index (χ1n) is 19.7. The van der Waals surface area contributed by atoms with Gasteiger partial charge in [0.15, 0.2) is 0 Å². The Bertz CT molecular complexity index is 1840. The van der Waals surface area contributed by atoms with E-state index in [0.717, 1.165) is 23.8 Å². The number of aromatic nitrogens is 1. The number of rotatable bonds is 20. The smallest absolute Gasteiger partial charge is 0.407 e. The van der Waals surface area contributed by atoms with Crippen LogP contribution in [0, 0.1) is 17.0 Å². The highest BCUT2D eigenvalue weighted by atomic mass is 28.3. The number of esters is 1. The van der Waals surface area contributed by atoms with Crippen LogP contribution in [0.4, 0.5) is 13.6 Å². The zero-order chi connectivity index (χ0) is 43.4. The Hall–Kier alpha value is -4.39. The van der Waals surface area contributed by atoms with Gasteiger partial charge in [-0.2, -0.15) is 0 Å². The predicted octanol–water partition coefficient (Wildman–Crippen LogP) is 6.54. The van der Waals surface area contributed by atoms with Crippen molar-refractivity contribution in [1.29, 1.82) is 0 Å². The molecule has 3 atom stereocenters. The SMILES string of the molecule is CC(C)(C)[C@H](c1cc(-c2cc(F)ccc2F)cn1Cc1ccccc1)N(CC[C@H](NC(=O)OCC[Si](C)(C)C)C(=O)NC(CN)C(=O)OCC[Si](C)(C)C)C(=O)CO. The van der Waals surface area contributed by atoms with Gasteiger partial charge in [-0.05, 0) is 53.8 Å². The van der Waals surface area contributed by atoms with E-state index in [0.29, 0.717) is 29.9 Å². The molecule has 320 valence electrons. The quantitative estimate of drug-likeness (QED) is 0.0736. The summed E-state index contributed by atoms with van der Waals surface area (Å²) >= 11 is 0. The molecule has 0 aliphatic rings. The summed E-state index contributed by atoms with van der Waals surface area (Å²) in [4.78, 5) is 55.3. The first-order valence-corrected chi connectivity index (χ1v) is 27.1. The van der Waals surface area contributed by atoms with Crippen molar-refractivity contribution in [3.8, 4) is 11.1 Å². The third kappa shape index (κ3) is 15.1. The number of carbonyl (C=O) groups excluding carboxylic acids is 4. The average Bonchev–Trinajstić information content (AvgIpc) is 3.52. The van der Waals surface area contributed by atoms with E-state index in [9.17, 15) is 28.7 Å². The van der Waals surface area contributed by atoms with Crippen molar-refractivity contribution in [2.45, 2.75) is 103 Å². The normalized spacial score (nSPS) is 13.6. The Labute approximate surface area is 343 Å². The number of amides is 3. The molecular formula is C42H63F2N5O7Si2. The van der Waals surface area contributed by atoms with Crippen molar-refractivity contribution in [3.63, 3.8) is 0 Å². The summed E-state index contributed by atoms with van der Waals surface area (Å²) in [6, 6.07) is 12.5. The first kappa shape index (κ1) is 48.0. The van der Waals surface area contributed by atoms with Crippen LogP contribution in [0.1, 0.15) is 44.5 Å². The molecule has 0 saturated heterocycles. The van der Waals surface area contributed by atoms with Crippen LogP contribution in [0.25, 0.3) is 11.1 Å². The van der Waals surface area contributed by atoms with Gasteiger partial charge in [-0.3, -0.25) is 9.59 Å². The van der Waals surface area contributed by atoms with Gasteiger partial charge in [0.25, 0.3) is 0 Å². The molecule has 0 spiro atoms. The summed E-state index contributed by atoms with van der Waals surface area (Å²) in [5.41, 5.74) is 7.04. The number of hydrogen-bond donors (Lipinski definition) is 4. The maximum absolute atomic E-state index is 15.2. The number of aliphatic hydroxyl groups excluding tert-OH is 1. The Kier molecular flexibility index (Phi) is 17.4.